The van der Waals surface area contributed by atoms with Crippen LogP contribution in [0.4, 0.5) is 4.39 Å². The van der Waals surface area contributed by atoms with Crippen LogP contribution in [0.5, 0.6) is 0 Å². The first kappa shape index (κ1) is 21.4. The fraction of sp³-hybridized carbons (Fsp3) is 0.375. The highest BCUT2D eigenvalue weighted by Crippen LogP contribution is 2.32. The van der Waals surface area contributed by atoms with Gasteiger partial charge in [-0.2, -0.15) is 0 Å². The van der Waals surface area contributed by atoms with Gasteiger partial charge in [0.05, 0.1) is 10.4 Å². The predicted molar refractivity (Wildman–Crippen MR) is 119 cm³/mol. The van der Waals surface area contributed by atoms with E-state index in [1.807, 2.05) is 9.80 Å². The van der Waals surface area contributed by atoms with Gasteiger partial charge in [-0.3, -0.25) is 14.4 Å². The monoisotopic (exact) mass is 440 g/mol. The van der Waals surface area contributed by atoms with E-state index >= 15 is 0 Å². The maximum atomic E-state index is 13.4. The number of Topliss-reactive ketones (excluding diaryl/α,β-unsaturated/α-hetero) is 1. The molecule has 2 fully saturated rings. The molecule has 2 atom stereocenters. The van der Waals surface area contributed by atoms with E-state index in [4.69, 9.17) is 0 Å². The molecule has 2 aliphatic heterocycles. The van der Waals surface area contributed by atoms with Gasteiger partial charge in [0.25, 0.3) is 5.91 Å². The number of rotatable bonds is 4. The number of hydrogen-bond donors (Lipinski definition) is 0. The fourth-order valence-electron chi connectivity index (χ4n) is 4.55. The van der Waals surface area contributed by atoms with E-state index < -0.39 is 0 Å². The number of carbonyl (C=O) groups is 3. The Morgan fingerprint density at radius 3 is 2.74 bits per heavy atom. The van der Waals surface area contributed by atoms with Crippen molar-refractivity contribution in [3.63, 3.8) is 0 Å². The van der Waals surface area contributed by atoms with Gasteiger partial charge in [-0.25, -0.2) is 4.39 Å². The number of carbonyl (C=O) groups excluding carboxylic acids is 3. The molecule has 0 aliphatic carbocycles. The summed E-state index contributed by atoms with van der Waals surface area (Å²) in [5, 5.41) is 1.75. The minimum absolute atomic E-state index is 0.0320. The number of likely N-dealkylation sites (tertiary alicyclic amines) is 2. The van der Waals surface area contributed by atoms with Crippen LogP contribution < -0.4 is 0 Å². The van der Waals surface area contributed by atoms with Crippen LogP contribution in [0.3, 0.4) is 0 Å². The van der Waals surface area contributed by atoms with Crippen molar-refractivity contribution in [2.24, 2.45) is 5.92 Å². The molecule has 2 saturated heterocycles. The lowest BCUT2D eigenvalue weighted by Gasteiger charge is -2.47. The normalized spacial score (nSPS) is 21.2. The maximum absolute atomic E-state index is 13.4. The van der Waals surface area contributed by atoms with Crippen molar-refractivity contribution in [2.75, 3.05) is 19.6 Å². The fourth-order valence-corrected chi connectivity index (χ4v) is 5.33. The van der Waals surface area contributed by atoms with Crippen molar-refractivity contribution in [2.45, 2.75) is 32.2 Å². The number of nitrogens with zero attached hydrogens (tertiary/aromatic N) is 2. The van der Waals surface area contributed by atoms with Crippen LogP contribution in [0, 0.1) is 11.7 Å². The molecule has 31 heavy (non-hydrogen) atoms. The minimum atomic E-state index is -0.328. The summed E-state index contributed by atoms with van der Waals surface area (Å²) < 4.78 is 13.4. The van der Waals surface area contributed by atoms with E-state index in [2.05, 4.69) is 0 Å². The van der Waals surface area contributed by atoms with Crippen LogP contribution in [-0.2, 0) is 4.79 Å². The third-order valence-electron chi connectivity index (χ3n) is 6.10. The third kappa shape index (κ3) is 4.77. The Bertz CT molecular complexity index is 1030. The number of ketones is 1. The molecule has 162 valence electrons. The number of benzene rings is 1. The summed E-state index contributed by atoms with van der Waals surface area (Å²) in [6.45, 7) is 3.41. The van der Waals surface area contributed by atoms with Crippen LogP contribution >= 0.6 is 11.3 Å². The average Bonchev–Trinajstić information content (AvgIpc) is 3.27. The van der Waals surface area contributed by atoms with Crippen LogP contribution in [0.1, 0.15) is 51.8 Å². The van der Waals surface area contributed by atoms with Gasteiger partial charge in [-0.05, 0) is 61.9 Å². The number of halogens is 1. The second-order valence-corrected chi connectivity index (χ2v) is 9.10. The molecule has 1 aromatic carbocycles. The van der Waals surface area contributed by atoms with Gasteiger partial charge < -0.3 is 9.80 Å². The number of piperidine rings is 2. The zero-order chi connectivity index (χ0) is 22.0. The Balaban J connectivity index is 1.41. The van der Waals surface area contributed by atoms with Gasteiger partial charge in [0, 0.05) is 37.1 Å². The SMILES string of the molecule is CC(=O)c1cc(C(=O)N2CC[C@H]3[C@H](CCCN3C(=O)/C=C/c3cccc(F)c3)C2)cs1. The van der Waals surface area contributed by atoms with Crippen molar-refractivity contribution in [1.82, 2.24) is 9.80 Å². The largest absolute Gasteiger partial charge is 0.338 e. The molecule has 0 saturated carbocycles. The molecule has 1 aromatic heterocycles. The van der Waals surface area contributed by atoms with E-state index in [9.17, 15) is 18.8 Å². The summed E-state index contributed by atoms with van der Waals surface area (Å²) in [5.74, 6) is -0.232. The highest BCUT2D eigenvalue weighted by molar-refractivity contribution is 7.12. The number of fused-ring (bicyclic) bond motifs is 1. The molecule has 0 radical (unpaired) electrons. The minimum Gasteiger partial charge on any atom is -0.338 e. The molecule has 5 nitrogen and oxygen atoms in total. The van der Waals surface area contributed by atoms with Gasteiger partial charge in [0.2, 0.25) is 5.91 Å². The standard InChI is InChI=1S/C24H25FN2O3S/c1-16(28)22-13-19(15-31-22)24(30)26-11-9-21-18(14-26)5-3-10-27(21)23(29)8-7-17-4-2-6-20(25)12-17/h2,4,6-8,12-13,15,18,21H,3,5,9-11,14H2,1H3/b8-7+/t18-,21+/m1/s1. The highest BCUT2D eigenvalue weighted by Gasteiger charge is 2.39. The Hall–Kier alpha value is -2.80. The first-order valence-electron chi connectivity index (χ1n) is 10.6. The first-order valence-corrected chi connectivity index (χ1v) is 11.4. The first-order chi connectivity index (χ1) is 14.9. The smallest absolute Gasteiger partial charge is 0.254 e. The van der Waals surface area contributed by atoms with Gasteiger partial charge in [0.1, 0.15) is 5.82 Å². The summed E-state index contributed by atoms with van der Waals surface area (Å²) in [6, 6.07) is 7.94. The second kappa shape index (κ2) is 9.14. The van der Waals surface area contributed by atoms with Gasteiger partial charge in [0.15, 0.2) is 5.78 Å². The van der Waals surface area contributed by atoms with E-state index in [-0.39, 0.29) is 35.4 Å². The van der Waals surface area contributed by atoms with Crippen LogP contribution in [-0.4, -0.2) is 53.1 Å². The molecule has 7 heteroatoms. The molecular weight excluding hydrogens is 415 g/mol. The lowest BCUT2D eigenvalue weighted by molar-refractivity contribution is -0.132. The molecular formula is C24H25FN2O3S. The highest BCUT2D eigenvalue weighted by atomic mass is 32.1. The summed E-state index contributed by atoms with van der Waals surface area (Å²) in [7, 11) is 0. The van der Waals surface area contributed by atoms with Crippen molar-refractivity contribution in [1.29, 1.82) is 0 Å². The van der Waals surface area contributed by atoms with Crippen molar-refractivity contribution < 1.29 is 18.8 Å². The van der Waals surface area contributed by atoms with Crippen LogP contribution in [0.25, 0.3) is 6.08 Å². The molecule has 2 aromatic rings. The summed E-state index contributed by atoms with van der Waals surface area (Å²) in [6.07, 6.45) is 5.78. The topological polar surface area (TPSA) is 57.7 Å². The Morgan fingerprint density at radius 1 is 1.16 bits per heavy atom. The zero-order valence-electron chi connectivity index (χ0n) is 17.4. The molecule has 0 unspecified atom stereocenters. The molecule has 2 amide bonds. The second-order valence-electron chi connectivity index (χ2n) is 8.19. The summed E-state index contributed by atoms with van der Waals surface area (Å²) >= 11 is 1.30. The summed E-state index contributed by atoms with van der Waals surface area (Å²) in [5.41, 5.74) is 1.22. The van der Waals surface area contributed by atoms with Gasteiger partial charge in [-0.15, -0.1) is 11.3 Å². The quantitative estimate of drug-likeness (QED) is 0.527. The molecule has 0 N–H and O–H groups in total. The van der Waals surface area contributed by atoms with Crippen LogP contribution in [0.2, 0.25) is 0 Å². The average molecular weight is 441 g/mol. The van der Waals surface area contributed by atoms with Crippen molar-refractivity contribution in [3.8, 4) is 0 Å². The van der Waals surface area contributed by atoms with E-state index in [0.717, 1.165) is 19.3 Å². The number of thiophene rings is 1. The van der Waals surface area contributed by atoms with Crippen molar-refractivity contribution >= 4 is 35.0 Å². The molecule has 0 bridgehead atoms. The lowest BCUT2D eigenvalue weighted by Crippen LogP contribution is -2.56. The number of hydrogen-bond acceptors (Lipinski definition) is 4. The Labute approximate surface area is 185 Å². The maximum Gasteiger partial charge on any atom is 0.254 e. The number of amides is 2. The molecule has 0 spiro atoms. The van der Waals surface area contributed by atoms with Gasteiger partial charge in [-0.1, -0.05) is 12.1 Å². The molecule has 2 aliphatic rings. The zero-order valence-corrected chi connectivity index (χ0v) is 18.2. The lowest BCUT2D eigenvalue weighted by atomic mass is 9.83. The Morgan fingerprint density at radius 2 is 2.00 bits per heavy atom. The predicted octanol–water partition coefficient (Wildman–Crippen LogP) is 4.26. The third-order valence-corrected chi connectivity index (χ3v) is 7.13. The summed E-state index contributed by atoms with van der Waals surface area (Å²) in [4.78, 5) is 41.6. The molecule has 3 heterocycles. The van der Waals surface area contributed by atoms with E-state index in [1.165, 1.54) is 36.5 Å². The van der Waals surface area contributed by atoms with Crippen LogP contribution in [0.15, 0.2) is 41.8 Å². The molecule has 4 rings (SSSR count). The van der Waals surface area contributed by atoms with Gasteiger partial charge >= 0.3 is 0 Å². The van der Waals surface area contributed by atoms with Crippen molar-refractivity contribution in [3.05, 3.63) is 63.6 Å². The Kier molecular flexibility index (Phi) is 6.32. The van der Waals surface area contributed by atoms with E-state index in [0.29, 0.717) is 35.6 Å². The van der Waals surface area contributed by atoms with E-state index in [1.54, 1.807) is 29.7 Å².